The van der Waals surface area contributed by atoms with Crippen LogP contribution in [0.5, 0.6) is 0 Å². The van der Waals surface area contributed by atoms with E-state index in [1.165, 1.54) is 24.2 Å². The van der Waals surface area contributed by atoms with Gasteiger partial charge < -0.3 is 10.2 Å². The van der Waals surface area contributed by atoms with Crippen LogP contribution in [0.25, 0.3) is 0 Å². The van der Waals surface area contributed by atoms with Crippen molar-refractivity contribution >= 4 is 17.2 Å². The molecule has 4 nitrogen and oxygen atoms in total. The average molecular weight is 267 g/mol. The highest BCUT2D eigenvalue weighted by Crippen LogP contribution is 2.12. The highest BCUT2D eigenvalue weighted by Gasteiger charge is 2.23. The molecule has 1 aliphatic rings. The topological polar surface area (TPSA) is 45.2 Å². The number of rotatable bonds is 5. The summed E-state index contributed by atoms with van der Waals surface area (Å²) in [4.78, 5) is 18.4. The SMILES string of the molecule is CC(C)CN(CC1CCCN1)C(=O)c1cscn1. The lowest BCUT2D eigenvalue weighted by Crippen LogP contribution is -2.43. The molecule has 1 saturated heterocycles. The van der Waals surface area contributed by atoms with Crippen LogP contribution in [0.3, 0.4) is 0 Å². The molecule has 1 amide bonds. The lowest BCUT2D eigenvalue weighted by Gasteiger charge is -2.26. The number of amides is 1. The van der Waals surface area contributed by atoms with E-state index in [0.29, 0.717) is 17.7 Å². The van der Waals surface area contributed by atoms with E-state index in [9.17, 15) is 4.79 Å². The summed E-state index contributed by atoms with van der Waals surface area (Å²) in [5, 5.41) is 5.28. The Bertz CT molecular complexity index is 372. The Hall–Kier alpha value is -0.940. The summed E-state index contributed by atoms with van der Waals surface area (Å²) in [6, 6.07) is 0.450. The van der Waals surface area contributed by atoms with Crippen molar-refractivity contribution in [3.63, 3.8) is 0 Å². The number of thiazole rings is 1. The zero-order valence-corrected chi connectivity index (χ0v) is 11.9. The number of aromatic nitrogens is 1. The Kier molecular flexibility index (Phi) is 4.72. The fourth-order valence-electron chi connectivity index (χ4n) is 2.34. The Labute approximate surface area is 112 Å². The predicted octanol–water partition coefficient (Wildman–Crippen LogP) is 1.99. The van der Waals surface area contributed by atoms with Crippen LogP contribution < -0.4 is 5.32 Å². The second kappa shape index (κ2) is 6.29. The van der Waals surface area contributed by atoms with Gasteiger partial charge in [-0.25, -0.2) is 4.98 Å². The van der Waals surface area contributed by atoms with Crippen LogP contribution in [-0.2, 0) is 0 Å². The van der Waals surface area contributed by atoms with Gasteiger partial charge in [0.2, 0.25) is 0 Å². The van der Waals surface area contributed by atoms with E-state index in [0.717, 1.165) is 19.6 Å². The molecule has 1 aliphatic heterocycles. The van der Waals surface area contributed by atoms with E-state index in [2.05, 4.69) is 24.1 Å². The highest BCUT2D eigenvalue weighted by molar-refractivity contribution is 7.07. The minimum absolute atomic E-state index is 0.0682. The molecule has 100 valence electrons. The Morgan fingerprint density at radius 2 is 2.50 bits per heavy atom. The molecular weight excluding hydrogens is 246 g/mol. The molecule has 2 heterocycles. The monoisotopic (exact) mass is 267 g/mol. The normalized spacial score (nSPS) is 19.4. The van der Waals surface area contributed by atoms with Gasteiger partial charge in [-0.3, -0.25) is 4.79 Å². The van der Waals surface area contributed by atoms with Crippen LogP contribution in [0, 0.1) is 5.92 Å². The van der Waals surface area contributed by atoms with E-state index in [4.69, 9.17) is 0 Å². The van der Waals surface area contributed by atoms with Gasteiger partial charge in [0.15, 0.2) is 0 Å². The van der Waals surface area contributed by atoms with Crippen molar-refractivity contribution in [2.24, 2.45) is 5.92 Å². The molecule has 1 unspecified atom stereocenters. The summed E-state index contributed by atoms with van der Waals surface area (Å²) in [5.74, 6) is 0.549. The van der Waals surface area contributed by atoms with Gasteiger partial charge in [-0.2, -0.15) is 0 Å². The molecule has 0 aromatic carbocycles. The van der Waals surface area contributed by atoms with E-state index < -0.39 is 0 Å². The maximum atomic E-state index is 12.4. The van der Waals surface area contributed by atoms with Crippen molar-refractivity contribution in [3.8, 4) is 0 Å². The molecular formula is C13H21N3OS. The third-order valence-corrected chi connectivity index (χ3v) is 3.71. The molecule has 1 aromatic rings. The summed E-state index contributed by atoms with van der Waals surface area (Å²) in [7, 11) is 0. The summed E-state index contributed by atoms with van der Waals surface area (Å²) in [6.45, 7) is 6.96. The van der Waals surface area contributed by atoms with E-state index in [1.807, 2.05) is 10.3 Å². The van der Waals surface area contributed by atoms with Crippen LogP contribution in [-0.4, -0.2) is 41.5 Å². The molecule has 2 rings (SSSR count). The molecule has 1 fully saturated rings. The molecule has 1 N–H and O–H groups in total. The Balaban J connectivity index is 2.01. The molecule has 0 spiro atoms. The van der Waals surface area contributed by atoms with E-state index >= 15 is 0 Å². The lowest BCUT2D eigenvalue weighted by molar-refractivity contribution is 0.0716. The summed E-state index contributed by atoms with van der Waals surface area (Å²) in [5.41, 5.74) is 2.30. The van der Waals surface area contributed by atoms with Crippen LogP contribution in [0.1, 0.15) is 37.2 Å². The van der Waals surface area contributed by atoms with Crippen LogP contribution in [0.4, 0.5) is 0 Å². The van der Waals surface area contributed by atoms with E-state index in [-0.39, 0.29) is 5.91 Å². The van der Waals surface area contributed by atoms with Gasteiger partial charge >= 0.3 is 0 Å². The molecule has 5 heteroatoms. The van der Waals surface area contributed by atoms with Crippen molar-refractivity contribution < 1.29 is 4.79 Å². The van der Waals surface area contributed by atoms with Crippen LogP contribution >= 0.6 is 11.3 Å². The average Bonchev–Trinajstić information content (AvgIpc) is 2.99. The first-order valence-corrected chi connectivity index (χ1v) is 7.52. The fraction of sp³-hybridized carbons (Fsp3) is 0.692. The summed E-state index contributed by atoms with van der Waals surface area (Å²) < 4.78 is 0. The molecule has 18 heavy (non-hydrogen) atoms. The van der Waals surface area contributed by atoms with Gasteiger partial charge in [0.05, 0.1) is 5.51 Å². The maximum absolute atomic E-state index is 12.4. The van der Waals surface area contributed by atoms with Crippen LogP contribution in [0.2, 0.25) is 0 Å². The zero-order valence-electron chi connectivity index (χ0n) is 11.1. The minimum Gasteiger partial charge on any atom is -0.335 e. The largest absolute Gasteiger partial charge is 0.335 e. The summed E-state index contributed by atoms with van der Waals surface area (Å²) in [6.07, 6.45) is 2.38. The first-order chi connectivity index (χ1) is 8.66. The Morgan fingerprint density at radius 1 is 1.67 bits per heavy atom. The Morgan fingerprint density at radius 3 is 3.06 bits per heavy atom. The number of hydrogen-bond acceptors (Lipinski definition) is 4. The van der Waals surface area contributed by atoms with Crippen LogP contribution in [0.15, 0.2) is 10.9 Å². The van der Waals surface area contributed by atoms with Crippen molar-refractivity contribution in [3.05, 3.63) is 16.6 Å². The van der Waals surface area contributed by atoms with Crippen molar-refractivity contribution in [1.29, 1.82) is 0 Å². The number of nitrogens with one attached hydrogen (secondary N) is 1. The third kappa shape index (κ3) is 3.53. The standard InChI is InChI=1S/C13H21N3OS/c1-10(2)6-16(7-11-4-3-5-14-11)13(17)12-8-18-9-15-12/h8-11,14H,3-7H2,1-2H3. The predicted molar refractivity (Wildman–Crippen MR) is 73.9 cm³/mol. The molecule has 0 aliphatic carbocycles. The van der Waals surface area contributed by atoms with Gasteiger partial charge in [0.25, 0.3) is 5.91 Å². The van der Waals surface area contributed by atoms with Crippen molar-refractivity contribution in [1.82, 2.24) is 15.2 Å². The number of carbonyl (C=O) groups is 1. The minimum atomic E-state index is 0.0682. The fourth-order valence-corrected chi connectivity index (χ4v) is 2.87. The van der Waals surface area contributed by atoms with Gasteiger partial charge in [-0.1, -0.05) is 13.8 Å². The smallest absolute Gasteiger partial charge is 0.273 e. The van der Waals surface area contributed by atoms with E-state index in [1.54, 1.807) is 5.51 Å². The molecule has 1 atom stereocenters. The lowest BCUT2D eigenvalue weighted by atomic mass is 10.1. The highest BCUT2D eigenvalue weighted by atomic mass is 32.1. The quantitative estimate of drug-likeness (QED) is 0.887. The third-order valence-electron chi connectivity index (χ3n) is 3.13. The molecule has 0 bridgehead atoms. The number of carbonyl (C=O) groups excluding carboxylic acids is 1. The van der Waals surface area contributed by atoms with Gasteiger partial charge in [0, 0.05) is 24.5 Å². The maximum Gasteiger partial charge on any atom is 0.273 e. The molecule has 0 saturated carbocycles. The molecule has 1 aromatic heterocycles. The van der Waals surface area contributed by atoms with Crippen molar-refractivity contribution in [2.45, 2.75) is 32.7 Å². The zero-order chi connectivity index (χ0) is 13.0. The number of nitrogens with zero attached hydrogens (tertiary/aromatic N) is 2. The second-order valence-corrected chi connectivity index (χ2v) is 5.99. The first kappa shape index (κ1) is 13.5. The van der Waals surface area contributed by atoms with Gasteiger partial charge in [-0.15, -0.1) is 11.3 Å². The first-order valence-electron chi connectivity index (χ1n) is 6.57. The van der Waals surface area contributed by atoms with Gasteiger partial charge in [-0.05, 0) is 25.3 Å². The van der Waals surface area contributed by atoms with Gasteiger partial charge in [0.1, 0.15) is 5.69 Å². The molecule has 0 radical (unpaired) electrons. The summed E-state index contributed by atoms with van der Waals surface area (Å²) >= 11 is 1.47. The van der Waals surface area contributed by atoms with Crippen molar-refractivity contribution in [2.75, 3.05) is 19.6 Å². The second-order valence-electron chi connectivity index (χ2n) is 5.27. The number of hydrogen-bond donors (Lipinski definition) is 1.